The van der Waals surface area contributed by atoms with Crippen molar-refractivity contribution in [1.29, 1.82) is 0 Å². The van der Waals surface area contributed by atoms with Crippen molar-refractivity contribution < 1.29 is 4.79 Å². The average Bonchev–Trinajstić information content (AvgIpc) is 2.52. The lowest BCUT2D eigenvalue weighted by atomic mass is 10.1. The molecule has 1 aliphatic rings. The summed E-state index contributed by atoms with van der Waals surface area (Å²) in [6.45, 7) is 2.79. The SMILES string of the molecule is CCCC(=O)N[C@@H]1CC[C@H](CN)C1. The number of hydrogen-bond acceptors (Lipinski definition) is 2. The normalized spacial score (nSPS) is 27.5. The van der Waals surface area contributed by atoms with Gasteiger partial charge >= 0.3 is 0 Å². The lowest BCUT2D eigenvalue weighted by Crippen LogP contribution is -2.32. The molecule has 0 aliphatic heterocycles. The summed E-state index contributed by atoms with van der Waals surface area (Å²) >= 11 is 0. The molecule has 76 valence electrons. The van der Waals surface area contributed by atoms with Crippen LogP contribution in [0.15, 0.2) is 0 Å². The van der Waals surface area contributed by atoms with Crippen LogP contribution < -0.4 is 11.1 Å². The largest absolute Gasteiger partial charge is 0.353 e. The van der Waals surface area contributed by atoms with Gasteiger partial charge in [-0.05, 0) is 38.1 Å². The first kappa shape index (κ1) is 10.5. The van der Waals surface area contributed by atoms with Crippen LogP contribution in [0, 0.1) is 5.92 Å². The first-order valence-corrected chi connectivity index (χ1v) is 5.25. The van der Waals surface area contributed by atoms with Crippen molar-refractivity contribution in [1.82, 2.24) is 5.32 Å². The van der Waals surface area contributed by atoms with Crippen molar-refractivity contribution in [3.8, 4) is 0 Å². The van der Waals surface area contributed by atoms with Crippen molar-refractivity contribution in [2.45, 2.75) is 45.1 Å². The molecule has 2 atom stereocenters. The van der Waals surface area contributed by atoms with Crippen LogP contribution in [0.4, 0.5) is 0 Å². The van der Waals surface area contributed by atoms with Crippen LogP contribution in [-0.2, 0) is 4.79 Å². The fourth-order valence-corrected chi connectivity index (χ4v) is 1.95. The summed E-state index contributed by atoms with van der Waals surface area (Å²) in [6.07, 6.45) is 4.94. The van der Waals surface area contributed by atoms with Gasteiger partial charge in [0.2, 0.25) is 5.91 Å². The number of rotatable bonds is 4. The smallest absolute Gasteiger partial charge is 0.220 e. The third-order valence-corrected chi connectivity index (χ3v) is 2.72. The summed E-state index contributed by atoms with van der Waals surface area (Å²) in [4.78, 5) is 11.3. The number of hydrogen-bond donors (Lipinski definition) is 2. The van der Waals surface area contributed by atoms with Crippen molar-refractivity contribution in [2.75, 3.05) is 6.54 Å². The Balaban J connectivity index is 2.19. The number of nitrogens with one attached hydrogen (secondary N) is 1. The molecule has 1 aliphatic carbocycles. The molecule has 1 saturated carbocycles. The second kappa shape index (κ2) is 5.22. The fourth-order valence-electron chi connectivity index (χ4n) is 1.95. The van der Waals surface area contributed by atoms with E-state index in [9.17, 15) is 4.79 Å². The number of carbonyl (C=O) groups is 1. The zero-order chi connectivity index (χ0) is 9.68. The third kappa shape index (κ3) is 3.35. The lowest BCUT2D eigenvalue weighted by Gasteiger charge is -2.12. The highest BCUT2D eigenvalue weighted by molar-refractivity contribution is 5.76. The van der Waals surface area contributed by atoms with E-state index in [0.717, 1.165) is 25.8 Å². The highest BCUT2D eigenvalue weighted by Crippen LogP contribution is 2.24. The van der Waals surface area contributed by atoms with Crippen molar-refractivity contribution in [2.24, 2.45) is 11.7 Å². The Morgan fingerprint density at radius 3 is 2.85 bits per heavy atom. The minimum Gasteiger partial charge on any atom is -0.353 e. The van der Waals surface area contributed by atoms with Crippen molar-refractivity contribution in [3.05, 3.63) is 0 Å². The van der Waals surface area contributed by atoms with E-state index in [4.69, 9.17) is 5.73 Å². The second-order valence-corrected chi connectivity index (χ2v) is 3.93. The zero-order valence-corrected chi connectivity index (χ0v) is 8.38. The van der Waals surface area contributed by atoms with Crippen LogP contribution in [0.1, 0.15) is 39.0 Å². The Morgan fingerprint density at radius 1 is 1.54 bits per heavy atom. The molecule has 0 saturated heterocycles. The molecule has 13 heavy (non-hydrogen) atoms. The van der Waals surface area contributed by atoms with E-state index in [1.54, 1.807) is 0 Å². The van der Waals surface area contributed by atoms with Crippen LogP contribution in [0.5, 0.6) is 0 Å². The Bertz CT molecular complexity index is 170. The molecule has 0 heterocycles. The molecular formula is C10H20N2O. The predicted molar refractivity (Wildman–Crippen MR) is 53.2 cm³/mol. The van der Waals surface area contributed by atoms with E-state index in [0.29, 0.717) is 18.4 Å². The van der Waals surface area contributed by atoms with Gasteiger partial charge in [-0.15, -0.1) is 0 Å². The molecule has 0 aromatic heterocycles. The Morgan fingerprint density at radius 2 is 2.31 bits per heavy atom. The van der Waals surface area contributed by atoms with Gasteiger partial charge < -0.3 is 11.1 Å². The maximum Gasteiger partial charge on any atom is 0.220 e. The van der Waals surface area contributed by atoms with Gasteiger partial charge in [-0.3, -0.25) is 4.79 Å². The Labute approximate surface area is 80.1 Å². The summed E-state index contributed by atoms with van der Waals surface area (Å²) in [7, 11) is 0. The topological polar surface area (TPSA) is 55.1 Å². The third-order valence-electron chi connectivity index (χ3n) is 2.72. The lowest BCUT2D eigenvalue weighted by molar-refractivity contribution is -0.121. The molecule has 0 aromatic carbocycles. The van der Waals surface area contributed by atoms with Gasteiger partial charge in [0.25, 0.3) is 0 Å². The summed E-state index contributed by atoms with van der Waals surface area (Å²) in [5, 5.41) is 3.05. The molecule has 0 bridgehead atoms. The van der Waals surface area contributed by atoms with Gasteiger partial charge in [0.05, 0.1) is 0 Å². The van der Waals surface area contributed by atoms with Crippen molar-refractivity contribution in [3.63, 3.8) is 0 Å². The zero-order valence-electron chi connectivity index (χ0n) is 8.38. The summed E-state index contributed by atoms with van der Waals surface area (Å²) in [5.41, 5.74) is 5.57. The van der Waals surface area contributed by atoms with Gasteiger partial charge in [-0.25, -0.2) is 0 Å². The quantitative estimate of drug-likeness (QED) is 0.685. The molecular weight excluding hydrogens is 164 g/mol. The molecule has 1 fully saturated rings. The minimum atomic E-state index is 0.199. The predicted octanol–water partition coefficient (Wildman–Crippen LogP) is 1.03. The molecule has 3 N–H and O–H groups in total. The van der Waals surface area contributed by atoms with Crippen molar-refractivity contribution >= 4 is 5.91 Å². The van der Waals surface area contributed by atoms with E-state index in [-0.39, 0.29) is 5.91 Å². The summed E-state index contributed by atoms with van der Waals surface area (Å²) in [5.74, 6) is 0.831. The van der Waals surface area contributed by atoms with Gasteiger partial charge in [0.15, 0.2) is 0 Å². The molecule has 0 unspecified atom stereocenters. The highest BCUT2D eigenvalue weighted by Gasteiger charge is 2.24. The molecule has 3 nitrogen and oxygen atoms in total. The van der Waals surface area contributed by atoms with E-state index in [1.165, 1.54) is 6.42 Å². The molecule has 1 amide bonds. The fraction of sp³-hybridized carbons (Fsp3) is 0.900. The van der Waals surface area contributed by atoms with E-state index in [1.807, 2.05) is 6.92 Å². The van der Waals surface area contributed by atoms with Gasteiger partial charge in [0, 0.05) is 12.5 Å². The molecule has 3 heteroatoms. The Kier molecular flexibility index (Phi) is 4.22. The molecule has 0 aromatic rings. The summed E-state index contributed by atoms with van der Waals surface area (Å²) in [6, 6.07) is 0.396. The van der Waals surface area contributed by atoms with Crippen LogP contribution in [0.25, 0.3) is 0 Å². The molecule has 1 rings (SSSR count). The number of nitrogens with two attached hydrogens (primary N) is 1. The number of carbonyl (C=O) groups excluding carboxylic acids is 1. The molecule has 0 spiro atoms. The monoisotopic (exact) mass is 184 g/mol. The maximum atomic E-state index is 11.3. The standard InChI is InChI=1S/C10H20N2O/c1-2-3-10(13)12-9-5-4-8(6-9)7-11/h8-9H,2-7,11H2,1H3,(H,12,13)/t8-,9+/m0/s1. The first-order chi connectivity index (χ1) is 6.26. The number of amides is 1. The van der Waals surface area contributed by atoms with Crippen LogP contribution >= 0.6 is 0 Å². The highest BCUT2D eigenvalue weighted by atomic mass is 16.1. The van der Waals surface area contributed by atoms with E-state index in [2.05, 4.69) is 5.32 Å². The first-order valence-electron chi connectivity index (χ1n) is 5.25. The molecule has 0 radical (unpaired) electrons. The van der Waals surface area contributed by atoms with E-state index < -0.39 is 0 Å². The minimum absolute atomic E-state index is 0.199. The second-order valence-electron chi connectivity index (χ2n) is 3.93. The Hall–Kier alpha value is -0.570. The van der Waals surface area contributed by atoms with Gasteiger partial charge in [-0.2, -0.15) is 0 Å². The van der Waals surface area contributed by atoms with Gasteiger partial charge in [-0.1, -0.05) is 6.92 Å². The van der Waals surface area contributed by atoms with Gasteiger partial charge in [0.1, 0.15) is 0 Å². The van der Waals surface area contributed by atoms with Crippen LogP contribution in [0.3, 0.4) is 0 Å². The van der Waals surface area contributed by atoms with Crippen LogP contribution in [-0.4, -0.2) is 18.5 Å². The van der Waals surface area contributed by atoms with E-state index >= 15 is 0 Å². The summed E-state index contributed by atoms with van der Waals surface area (Å²) < 4.78 is 0. The maximum absolute atomic E-state index is 11.3. The van der Waals surface area contributed by atoms with Crippen LogP contribution in [0.2, 0.25) is 0 Å². The average molecular weight is 184 g/mol.